The number of amides is 1. The van der Waals surface area contributed by atoms with Gasteiger partial charge in [0.2, 0.25) is 5.91 Å². The van der Waals surface area contributed by atoms with Gasteiger partial charge < -0.3 is 11.1 Å². The number of nitrogen functional groups attached to an aromatic ring is 1. The Balaban J connectivity index is 1.57. The normalized spacial score (nSPS) is 28.6. The smallest absolute Gasteiger partial charge is 0.224 e. The fourth-order valence-electron chi connectivity index (χ4n) is 3.79. The molecule has 2 bridgehead atoms. The number of hydrogen-bond acceptors (Lipinski definition) is 2. The number of carbonyl (C=O) groups is 1. The molecule has 3 N–H and O–H groups in total. The van der Waals surface area contributed by atoms with Crippen molar-refractivity contribution in [2.45, 2.75) is 39.0 Å². The fourth-order valence-corrected chi connectivity index (χ4v) is 3.79. The first-order valence-corrected chi connectivity index (χ1v) is 7.28. The van der Waals surface area contributed by atoms with Gasteiger partial charge in [-0.3, -0.25) is 4.79 Å². The lowest BCUT2D eigenvalue weighted by molar-refractivity contribution is -0.117. The third-order valence-electron chi connectivity index (χ3n) is 4.90. The molecular weight excluding hydrogens is 236 g/mol. The lowest BCUT2D eigenvalue weighted by Crippen LogP contribution is -2.20. The summed E-state index contributed by atoms with van der Waals surface area (Å²) in [5.41, 5.74) is 8.46. The lowest BCUT2D eigenvalue weighted by Gasteiger charge is -2.21. The van der Waals surface area contributed by atoms with Crippen molar-refractivity contribution >= 4 is 17.3 Å². The van der Waals surface area contributed by atoms with Gasteiger partial charge in [-0.25, -0.2) is 0 Å². The third-order valence-corrected chi connectivity index (χ3v) is 4.90. The van der Waals surface area contributed by atoms with Crippen molar-refractivity contribution in [2.24, 2.45) is 17.8 Å². The molecule has 3 atom stereocenters. The molecule has 19 heavy (non-hydrogen) atoms. The van der Waals surface area contributed by atoms with Gasteiger partial charge >= 0.3 is 0 Å². The van der Waals surface area contributed by atoms with Gasteiger partial charge in [0.15, 0.2) is 0 Å². The lowest BCUT2D eigenvalue weighted by atomic mass is 9.86. The summed E-state index contributed by atoms with van der Waals surface area (Å²) < 4.78 is 0. The molecule has 0 aliphatic heterocycles. The molecule has 0 saturated heterocycles. The van der Waals surface area contributed by atoms with Crippen LogP contribution in [0.15, 0.2) is 18.2 Å². The molecule has 1 amide bonds. The van der Waals surface area contributed by atoms with Crippen molar-refractivity contribution < 1.29 is 4.79 Å². The molecule has 3 heteroatoms. The summed E-state index contributed by atoms with van der Waals surface area (Å²) in [6.07, 6.45) is 6.01. The monoisotopic (exact) mass is 258 g/mol. The van der Waals surface area contributed by atoms with Crippen molar-refractivity contribution in [3.05, 3.63) is 23.8 Å². The Labute approximate surface area is 114 Å². The molecule has 0 spiro atoms. The highest BCUT2D eigenvalue weighted by Crippen LogP contribution is 2.49. The van der Waals surface area contributed by atoms with Crippen LogP contribution in [-0.2, 0) is 4.79 Å². The summed E-state index contributed by atoms with van der Waals surface area (Å²) in [4.78, 5) is 12.1. The van der Waals surface area contributed by atoms with Gasteiger partial charge in [-0.05, 0) is 61.6 Å². The number of carbonyl (C=O) groups excluding carboxylic acids is 1. The molecule has 2 saturated carbocycles. The van der Waals surface area contributed by atoms with Crippen LogP contribution in [0.5, 0.6) is 0 Å². The summed E-state index contributed by atoms with van der Waals surface area (Å²) in [7, 11) is 0. The zero-order valence-corrected chi connectivity index (χ0v) is 11.5. The number of aryl methyl sites for hydroxylation is 1. The molecule has 2 aliphatic carbocycles. The zero-order valence-electron chi connectivity index (χ0n) is 11.5. The average Bonchev–Trinajstić information content (AvgIpc) is 2.96. The minimum Gasteiger partial charge on any atom is -0.398 e. The maximum atomic E-state index is 12.1. The third kappa shape index (κ3) is 2.60. The van der Waals surface area contributed by atoms with Crippen LogP contribution in [0.3, 0.4) is 0 Å². The van der Waals surface area contributed by atoms with Gasteiger partial charge in [0.1, 0.15) is 0 Å². The number of hydrogen-bond donors (Lipinski definition) is 2. The van der Waals surface area contributed by atoms with E-state index in [0.29, 0.717) is 12.3 Å². The predicted octanol–water partition coefficient (Wildman–Crippen LogP) is 3.34. The minimum atomic E-state index is 0.140. The molecule has 1 aromatic rings. The van der Waals surface area contributed by atoms with Crippen LogP contribution in [-0.4, -0.2) is 5.91 Å². The average molecular weight is 258 g/mol. The summed E-state index contributed by atoms with van der Waals surface area (Å²) in [5.74, 6) is 2.46. The predicted molar refractivity (Wildman–Crippen MR) is 77.8 cm³/mol. The summed E-state index contributed by atoms with van der Waals surface area (Å²) in [5, 5.41) is 2.98. The standard InChI is InChI=1S/C16H22N2O/c1-10-2-5-14(9-15(10)17)18-16(19)8-13-7-11-3-4-12(13)6-11/h2,5,9,11-13H,3-4,6-8,17H2,1H3,(H,18,19). The van der Waals surface area contributed by atoms with E-state index in [-0.39, 0.29) is 5.91 Å². The van der Waals surface area contributed by atoms with E-state index < -0.39 is 0 Å². The first-order valence-electron chi connectivity index (χ1n) is 7.28. The van der Waals surface area contributed by atoms with Crippen LogP contribution < -0.4 is 11.1 Å². The van der Waals surface area contributed by atoms with Crippen molar-refractivity contribution in [3.8, 4) is 0 Å². The van der Waals surface area contributed by atoms with E-state index in [2.05, 4.69) is 5.32 Å². The maximum absolute atomic E-state index is 12.1. The largest absolute Gasteiger partial charge is 0.398 e. The number of rotatable bonds is 3. The van der Waals surface area contributed by atoms with Gasteiger partial charge in [0.05, 0.1) is 0 Å². The second kappa shape index (κ2) is 4.87. The highest BCUT2D eigenvalue weighted by molar-refractivity contribution is 5.91. The molecule has 3 nitrogen and oxygen atoms in total. The maximum Gasteiger partial charge on any atom is 0.224 e. The molecule has 2 aliphatic rings. The second-order valence-corrected chi connectivity index (χ2v) is 6.26. The van der Waals surface area contributed by atoms with Crippen LogP contribution in [0.1, 0.15) is 37.7 Å². The summed E-state index contributed by atoms with van der Waals surface area (Å²) >= 11 is 0. The second-order valence-electron chi connectivity index (χ2n) is 6.26. The van der Waals surface area contributed by atoms with E-state index in [1.807, 2.05) is 25.1 Å². The fraction of sp³-hybridized carbons (Fsp3) is 0.562. The first kappa shape index (κ1) is 12.5. The Morgan fingerprint density at radius 3 is 2.84 bits per heavy atom. The van der Waals surface area contributed by atoms with Crippen LogP contribution in [0.2, 0.25) is 0 Å². The quantitative estimate of drug-likeness (QED) is 0.817. The molecule has 3 rings (SSSR count). The molecule has 0 heterocycles. The van der Waals surface area contributed by atoms with Crippen molar-refractivity contribution in [3.63, 3.8) is 0 Å². The zero-order chi connectivity index (χ0) is 13.4. The van der Waals surface area contributed by atoms with Crippen LogP contribution in [0, 0.1) is 24.7 Å². The van der Waals surface area contributed by atoms with E-state index in [0.717, 1.165) is 28.8 Å². The Hall–Kier alpha value is -1.51. The van der Waals surface area contributed by atoms with Gasteiger partial charge in [-0.15, -0.1) is 0 Å². The minimum absolute atomic E-state index is 0.140. The summed E-state index contributed by atoms with van der Waals surface area (Å²) in [6.45, 7) is 1.97. The van der Waals surface area contributed by atoms with Crippen molar-refractivity contribution in [1.29, 1.82) is 0 Å². The molecule has 0 radical (unpaired) electrons. The number of anilines is 2. The summed E-state index contributed by atoms with van der Waals surface area (Å²) in [6, 6.07) is 5.71. The molecule has 0 aromatic heterocycles. The molecule has 3 unspecified atom stereocenters. The molecular formula is C16H22N2O. The van der Waals surface area contributed by atoms with Crippen molar-refractivity contribution in [2.75, 3.05) is 11.1 Å². The molecule has 102 valence electrons. The van der Waals surface area contributed by atoms with Crippen molar-refractivity contribution in [1.82, 2.24) is 0 Å². The molecule has 2 fully saturated rings. The van der Waals surface area contributed by atoms with E-state index in [1.165, 1.54) is 25.7 Å². The number of nitrogens with one attached hydrogen (secondary N) is 1. The molecule has 1 aromatic carbocycles. The van der Waals surface area contributed by atoms with Crippen LogP contribution in [0.4, 0.5) is 11.4 Å². The SMILES string of the molecule is Cc1ccc(NC(=O)CC2CC3CCC2C3)cc1N. The van der Waals surface area contributed by atoms with Gasteiger partial charge in [0.25, 0.3) is 0 Å². The van der Waals surface area contributed by atoms with Gasteiger partial charge in [-0.1, -0.05) is 12.5 Å². The highest BCUT2D eigenvalue weighted by Gasteiger charge is 2.40. The van der Waals surface area contributed by atoms with Gasteiger partial charge in [0, 0.05) is 17.8 Å². The Kier molecular flexibility index (Phi) is 3.21. The van der Waals surface area contributed by atoms with E-state index in [1.54, 1.807) is 0 Å². The first-order chi connectivity index (χ1) is 9.11. The van der Waals surface area contributed by atoms with E-state index in [9.17, 15) is 4.79 Å². The number of benzene rings is 1. The Bertz CT molecular complexity index is 498. The van der Waals surface area contributed by atoms with Gasteiger partial charge in [-0.2, -0.15) is 0 Å². The Morgan fingerprint density at radius 2 is 2.21 bits per heavy atom. The van der Waals surface area contributed by atoms with E-state index in [4.69, 9.17) is 5.73 Å². The van der Waals surface area contributed by atoms with Crippen LogP contribution in [0.25, 0.3) is 0 Å². The topological polar surface area (TPSA) is 55.1 Å². The Morgan fingerprint density at radius 1 is 1.37 bits per heavy atom. The van der Waals surface area contributed by atoms with E-state index >= 15 is 0 Å². The number of nitrogens with two attached hydrogens (primary N) is 1. The van der Waals surface area contributed by atoms with Crippen LogP contribution >= 0.6 is 0 Å². The highest BCUT2D eigenvalue weighted by atomic mass is 16.1. The number of fused-ring (bicyclic) bond motifs is 2.